The third-order valence-electron chi connectivity index (χ3n) is 5.97. The zero-order valence-corrected chi connectivity index (χ0v) is 19.2. The Bertz CT molecular complexity index is 1160. The summed E-state index contributed by atoms with van der Waals surface area (Å²) in [6, 6.07) is 13.8. The number of benzene rings is 2. The van der Waals surface area contributed by atoms with Gasteiger partial charge in [0.15, 0.2) is 0 Å². The Morgan fingerprint density at radius 3 is 2.85 bits per heavy atom. The van der Waals surface area contributed by atoms with Crippen LogP contribution < -0.4 is 10.1 Å². The number of cyclic esters (lactones) is 1. The van der Waals surface area contributed by atoms with E-state index in [0.29, 0.717) is 36.0 Å². The molecule has 4 rings (SSSR count). The van der Waals surface area contributed by atoms with Crippen LogP contribution in [-0.4, -0.2) is 43.1 Å². The van der Waals surface area contributed by atoms with Gasteiger partial charge < -0.3 is 14.8 Å². The quantitative estimate of drug-likeness (QED) is 0.526. The monoisotopic (exact) mass is 444 g/mol. The Morgan fingerprint density at radius 2 is 2.18 bits per heavy atom. The standard InChI is InChI=1S/C26H28N4O3/c1-16(2)33-24-11-8-18(14-19(24)15-27)17(3)29-25(28-4)22-7-5-6-21-20(22)9-10-23(21)30-12-13-32-26(30)31/h5-8,11,14,16,23H,3,9-10,12-13H2,1-2,4H3,(H,28,29). The summed E-state index contributed by atoms with van der Waals surface area (Å²) in [4.78, 5) is 18.4. The Morgan fingerprint density at radius 1 is 1.36 bits per heavy atom. The number of hydrogen-bond donors (Lipinski definition) is 1. The molecule has 1 saturated heterocycles. The molecule has 1 atom stereocenters. The summed E-state index contributed by atoms with van der Waals surface area (Å²) in [5.41, 5.74) is 5.20. The third-order valence-corrected chi connectivity index (χ3v) is 5.97. The molecule has 7 heteroatoms. The van der Waals surface area contributed by atoms with Crippen molar-refractivity contribution in [2.24, 2.45) is 4.99 Å². The topological polar surface area (TPSA) is 86.9 Å². The highest BCUT2D eigenvalue weighted by molar-refractivity contribution is 6.04. The van der Waals surface area contributed by atoms with Gasteiger partial charge >= 0.3 is 6.09 Å². The van der Waals surface area contributed by atoms with E-state index in [2.05, 4.69) is 29.0 Å². The minimum Gasteiger partial charge on any atom is -0.490 e. The highest BCUT2D eigenvalue weighted by Crippen LogP contribution is 2.39. The van der Waals surface area contributed by atoms with Crippen LogP contribution >= 0.6 is 0 Å². The van der Waals surface area contributed by atoms with E-state index in [1.54, 1.807) is 19.2 Å². The van der Waals surface area contributed by atoms with E-state index in [9.17, 15) is 10.1 Å². The number of hydrogen-bond acceptors (Lipinski definition) is 5. The zero-order valence-electron chi connectivity index (χ0n) is 19.2. The number of aliphatic imine (C=N–C) groups is 1. The van der Waals surface area contributed by atoms with Crippen LogP contribution in [0.25, 0.3) is 5.70 Å². The summed E-state index contributed by atoms with van der Waals surface area (Å²) < 4.78 is 10.9. The number of fused-ring (bicyclic) bond motifs is 1. The minimum absolute atomic E-state index is 0.0190. The molecule has 0 saturated carbocycles. The van der Waals surface area contributed by atoms with Crippen LogP contribution in [0, 0.1) is 11.3 Å². The van der Waals surface area contributed by atoms with Crippen molar-refractivity contribution < 1.29 is 14.3 Å². The molecule has 33 heavy (non-hydrogen) atoms. The van der Waals surface area contributed by atoms with Crippen LogP contribution in [0.15, 0.2) is 48.0 Å². The number of rotatable bonds is 6. The molecular formula is C26H28N4O3. The van der Waals surface area contributed by atoms with Crippen molar-refractivity contribution >= 4 is 17.6 Å². The Labute approximate surface area is 194 Å². The molecule has 1 aliphatic carbocycles. The van der Waals surface area contributed by atoms with Crippen LogP contribution in [0.1, 0.15) is 54.1 Å². The number of nitrogens with one attached hydrogen (secondary N) is 1. The second-order valence-corrected chi connectivity index (χ2v) is 8.40. The molecule has 170 valence electrons. The van der Waals surface area contributed by atoms with Gasteiger partial charge in [0.1, 0.15) is 24.3 Å². The Balaban J connectivity index is 1.57. The van der Waals surface area contributed by atoms with Gasteiger partial charge in [-0.1, -0.05) is 24.8 Å². The second kappa shape index (κ2) is 9.37. The van der Waals surface area contributed by atoms with Crippen LogP contribution in [0.2, 0.25) is 0 Å². The average molecular weight is 445 g/mol. The lowest BCUT2D eigenvalue weighted by Gasteiger charge is -2.22. The number of carbonyl (C=O) groups excluding carboxylic acids is 1. The van der Waals surface area contributed by atoms with Crippen molar-refractivity contribution in [3.8, 4) is 11.8 Å². The largest absolute Gasteiger partial charge is 0.490 e. The van der Waals surface area contributed by atoms with E-state index in [0.717, 1.165) is 29.5 Å². The zero-order chi connectivity index (χ0) is 23.5. The maximum atomic E-state index is 12.1. The molecule has 1 fully saturated rings. The first-order valence-electron chi connectivity index (χ1n) is 11.1. The summed E-state index contributed by atoms with van der Waals surface area (Å²) in [5, 5.41) is 12.9. The molecule has 0 radical (unpaired) electrons. The van der Waals surface area contributed by atoms with Crippen LogP contribution in [0.3, 0.4) is 0 Å². The minimum atomic E-state index is -0.243. The maximum absolute atomic E-state index is 12.1. The first kappa shape index (κ1) is 22.4. The molecule has 1 aliphatic heterocycles. The molecule has 1 amide bonds. The molecule has 0 aromatic heterocycles. The lowest BCUT2D eigenvalue weighted by molar-refractivity contribution is 0.147. The molecule has 1 unspecified atom stereocenters. The van der Waals surface area contributed by atoms with Crippen LogP contribution in [-0.2, 0) is 11.2 Å². The summed E-state index contributed by atoms with van der Waals surface area (Å²) in [6.07, 6.45) is 1.46. The van der Waals surface area contributed by atoms with Crippen molar-refractivity contribution in [2.75, 3.05) is 20.2 Å². The number of amidine groups is 1. The van der Waals surface area contributed by atoms with E-state index in [-0.39, 0.29) is 18.2 Å². The number of nitriles is 1. The molecule has 7 nitrogen and oxygen atoms in total. The number of ether oxygens (including phenoxy) is 2. The summed E-state index contributed by atoms with van der Waals surface area (Å²) in [5.74, 6) is 1.25. The molecule has 1 N–H and O–H groups in total. The van der Waals surface area contributed by atoms with Gasteiger partial charge in [0.05, 0.1) is 24.3 Å². The fourth-order valence-electron chi connectivity index (χ4n) is 4.49. The smallest absolute Gasteiger partial charge is 0.410 e. The van der Waals surface area contributed by atoms with Crippen molar-refractivity contribution in [3.05, 3.63) is 70.8 Å². The fourth-order valence-corrected chi connectivity index (χ4v) is 4.49. The third kappa shape index (κ3) is 4.42. The van der Waals surface area contributed by atoms with Gasteiger partial charge in [-0.15, -0.1) is 0 Å². The van der Waals surface area contributed by atoms with Gasteiger partial charge in [0.2, 0.25) is 0 Å². The first-order chi connectivity index (χ1) is 15.9. The van der Waals surface area contributed by atoms with E-state index in [1.165, 1.54) is 5.56 Å². The maximum Gasteiger partial charge on any atom is 0.410 e. The lowest BCUT2D eigenvalue weighted by atomic mass is 10.0. The fraction of sp³-hybridized carbons (Fsp3) is 0.346. The van der Waals surface area contributed by atoms with Gasteiger partial charge in [0, 0.05) is 18.3 Å². The van der Waals surface area contributed by atoms with Crippen molar-refractivity contribution in [1.82, 2.24) is 10.2 Å². The predicted octanol–water partition coefficient (Wildman–Crippen LogP) is 4.42. The molecule has 2 aliphatic rings. The van der Waals surface area contributed by atoms with Crippen molar-refractivity contribution in [2.45, 2.75) is 38.8 Å². The van der Waals surface area contributed by atoms with Gasteiger partial charge in [-0.05, 0) is 61.6 Å². The number of nitrogens with zero attached hydrogens (tertiary/aromatic N) is 3. The summed E-state index contributed by atoms with van der Waals surface area (Å²) >= 11 is 0. The molecule has 0 bridgehead atoms. The molecule has 1 heterocycles. The van der Waals surface area contributed by atoms with E-state index < -0.39 is 0 Å². The van der Waals surface area contributed by atoms with E-state index >= 15 is 0 Å². The number of carbonyl (C=O) groups is 1. The summed E-state index contributed by atoms with van der Waals surface area (Å²) in [7, 11) is 1.74. The van der Waals surface area contributed by atoms with Crippen LogP contribution in [0.4, 0.5) is 4.79 Å². The first-order valence-corrected chi connectivity index (χ1v) is 11.1. The molecule has 0 spiro atoms. The van der Waals surface area contributed by atoms with Crippen molar-refractivity contribution in [3.63, 3.8) is 0 Å². The Kier molecular flexibility index (Phi) is 6.36. The van der Waals surface area contributed by atoms with Gasteiger partial charge in [-0.25, -0.2) is 4.79 Å². The lowest BCUT2D eigenvalue weighted by Crippen LogP contribution is -2.28. The van der Waals surface area contributed by atoms with E-state index in [4.69, 9.17) is 9.47 Å². The van der Waals surface area contributed by atoms with E-state index in [1.807, 2.05) is 36.9 Å². The summed E-state index contributed by atoms with van der Waals surface area (Å²) in [6.45, 7) is 9.09. The van der Waals surface area contributed by atoms with Crippen molar-refractivity contribution in [1.29, 1.82) is 5.26 Å². The number of amides is 1. The molecular weight excluding hydrogens is 416 g/mol. The van der Waals surface area contributed by atoms with Crippen LogP contribution in [0.5, 0.6) is 5.75 Å². The van der Waals surface area contributed by atoms with Gasteiger partial charge in [-0.2, -0.15) is 5.26 Å². The highest BCUT2D eigenvalue weighted by atomic mass is 16.6. The normalized spacial score (nSPS) is 17.5. The van der Waals surface area contributed by atoms with Gasteiger partial charge in [-0.3, -0.25) is 9.89 Å². The SMILES string of the molecule is C=C(NC(=NC)c1cccc2c1CCC2N1CCOC1=O)c1ccc(OC(C)C)c(C#N)c1. The molecule has 2 aromatic carbocycles. The van der Waals surface area contributed by atoms with Gasteiger partial charge in [0.25, 0.3) is 0 Å². The average Bonchev–Trinajstić information content (AvgIpc) is 3.42. The second-order valence-electron chi connectivity index (χ2n) is 8.40. The predicted molar refractivity (Wildman–Crippen MR) is 127 cm³/mol. The Hall–Kier alpha value is -3.79. The highest BCUT2D eigenvalue weighted by Gasteiger charge is 2.36. The molecule has 2 aromatic rings.